The van der Waals surface area contributed by atoms with Crippen molar-refractivity contribution in [1.29, 1.82) is 0 Å². The van der Waals surface area contributed by atoms with Crippen LogP contribution in [0.5, 0.6) is 0 Å². The second kappa shape index (κ2) is 11.7. The molecule has 0 bridgehead atoms. The van der Waals surface area contributed by atoms with Crippen molar-refractivity contribution < 1.29 is 30.8 Å². The maximum absolute atomic E-state index is 13.9. The number of hydrogen-bond donors (Lipinski definition) is 1. The van der Waals surface area contributed by atoms with Crippen molar-refractivity contribution >= 4 is 48.6 Å². The number of carbonyl (C=O) groups is 2. The fraction of sp³-hybridized carbons (Fsp3) is 0.156. The first-order chi connectivity index (χ1) is 21.4. The van der Waals surface area contributed by atoms with Crippen molar-refractivity contribution in [3.8, 4) is 11.5 Å². The van der Waals surface area contributed by atoms with E-state index in [1.165, 1.54) is 36.4 Å². The average molecular weight is 645 g/mol. The lowest BCUT2D eigenvalue weighted by Crippen LogP contribution is -2.46. The molecule has 1 unspecified atom stereocenters. The van der Waals surface area contributed by atoms with E-state index in [1.54, 1.807) is 42.5 Å². The number of imide groups is 1. The zero-order valence-corrected chi connectivity index (χ0v) is 25.7. The molecule has 1 aliphatic rings. The molecule has 1 aromatic heterocycles. The highest BCUT2D eigenvalue weighted by Crippen LogP contribution is 2.32. The molecule has 2 amide bonds. The van der Waals surface area contributed by atoms with Crippen LogP contribution in [-0.4, -0.2) is 50.5 Å². The molecule has 2 heterocycles. The molecule has 11 nitrogen and oxygen atoms in total. The van der Waals surface area contributed by atoms with Gasteiger partial charge in [0.2, 0.25) is 31.8 Å². The molecule has 0 radical (unpaired) electrons. The molecule has 1 saturated heterocycles. The van der Waals surface area contributed by atoms with E-state index in [9.17, 15) is 26.4 Å². The number of primary sulfonamides is 1. The number of para-hydroxylation sites is 2. The molecule has 230 valence electrons. The quantitative estimate of drug-likeness (QED) is 0.236. The van der Waals surface area contributed by atoms with Crippen LogP contribution in [0.4, 0.5) is 5.69 Å². The molecule has 0 spiro atoms. The van der Waals surface area contributed by atoms with Gasteiger partial charge in [-0.3, -0.25) is 9.59 Å². The van der Waals surface area contributed by atoms with Gasteiger partial charge in [-0.15, -0.1) is 0 Å². The van der Waals surface area contributed by atoms with Crippen LogP contribution in [0.15, 0.2) is 111 Å². The van der Waals surface area contributed by atoms with Crippen LogP contribution in [0.25, 0.3) is 22.6 Å². The lowest BCUT2D eigenvalue weighted by molar-refractivity contribution is -0.122. The molecule has 1 aliphatic heterocycles. The number of anilines is 1. The Hall–Kier alpha value is -4.69. The molecule has 0 aliphatic carbocycles. The van der Waals surface area contributed by atoms with E-state index < -0.39 is 37.9 Å². The Kier molecular flexibility index (Phi) is 7.87. The molecule has 1 fully saturated rings. The Balaban J connectivity index is 1.28. The smallest absolute Gasteiger partial charge is 0.252 e. The lowest BCUT2D eigenvalue weighted by atomic mass is 10.1. The maximum atomic E-state index is 13.9. The summed E-state index contributed by atoms with van der Waals surface area (Å²) in [5.74, 6) is -0.830. The average Bonchev–Trinajstić information content (AvgIpc) is 3.57. The van der Waals surface area contributed by atoms with Gasteiger partial charge in [-0.25, -0.2) is 31.9 Å². The summed E-state index contributed by atoms with van der Waals surface area (Å²) in [6.45, 7) is 1.69. The SMILES string of the molecule is Cc1ccc(S(=O)(=O)N(CCc2ccc(S(N)(=O)=O)cc2)C2CC(=O)N(c3ccc(-c4nc5ccccc5o4)cc3)C2=O)cc1. The van der Waals surface area contributed by atoms with Gasteiger partial charge in [0.25, 0.3) is 5.91 Å². The van der Waals surface area contributed by atoms with E-state index >= 15 is 0 Å². The number of sulfonamides is 2. The van der Waals surface area contributed by atoms with Gasteiger partial charge >= 0.3 is 0 Å². The Labute approximate surface area is 260 Å². The summed E-state index contributed by atoms with van der Waals surface area (Å²) in [7, 11) is -8.12. The Morgan fingerprint density at radius 3 is 2.16 bits per heavy atom. The number of aromatic nitrogens is 1. The number of amides is 2. The third-order valence-corrected chi connectivity index (χ3v) is 10.5. The molecular formula is C32H28N4O7S2. The monoisotopic (exact) mass is 644 g/mol. The number of oxazole rings is 1. The zero-order chi connectivity index (χ0) is 31.9. The topological polar surface area (TPSA) is 161 Å². The van der Waals surface area contributed by atoms with Crippen LogP contribution >= 0.6 is 0 Å². The summed E-state index contributed by atoms with van der Waals surface area (Å²) < 4.78 is 58.0. The van der Waals surface area contributed by atoms with Crippen LogP contribution in [-0.2, 0) is 36.1 Å². The second-order valence-electron chi connectivity index (χ2n) is 10.7. The van der Waals surface area contributed by atoms with Crippen LogP contribution in [0.2, 0.25) is 0 Å². The minimum atomic E-state index is -4.22. The summed E-state index contributed by atoms with van der Waals surface area (Å²) in [5, 5.41) is 5.19. The number of benzene rings is 4. The van der Waals surface area contributed by atoms with Gasteiger partial charge in [0.1, 0.15) is 11.6 Å². The minimum absolute atomic E-state index is 0.0148. The molecule has 1 atom stereocenters. The van der Waals surface area contributed by atoms with Crippen molar-refractivity contribution in [1.82, 2.24) is 9.29 Å². The van der Waals surface area contributed by atoms with Crippen molar-refractivity contribution in [2.24, 2.45) is 5.14 Å². The Bertz CT molecular complexity index is 2090. The Morgan fingerprint density at radius 1 is 0.867 bits per heavy atom. The minimum Gasteiger partial charge on any atom is -0.436 e. The van der Waals surface area contributed by atoms with Crippen molar-refractivity contribution in [2.45, 2.75) is 35.6 Å². The summed E-state index contributed by atoms with van der Waals surface area (Å²) >= 11 is 0. The zero-order valence-electron chi connectivity index (χ0n) is 24.0. The first-order valence-corrected chi connectivity index (χ1v) is 16.9. The fourth-order valence-electron chi connectivity index (χ4n) is 5.24. The van der Waals surface area contributed by atoms with Gasteiger partial charge in [0.05, 0.1) is 21.9 Å². The normalized spacial score (nSPS) is 15.8. The van der Waals surface area contributed by atoms with Crippen LogP contribution in [0, 0.1) is 6.92 Å². The first-order valence-electron chi connectivity index (χ1n) is 13.9. The highest BCUT2D eigenvalue weighted by molar-refractivity contribution is 7.89. The number of fused-ring (bicyclic) bond motifs is 1. The molecule has 0 saturated carbocycles. The summed E-state index contributed by atoms with van der Waals surface area (Å²) in [5.41, 5.74) is 3.73. The fourth-order valence-corrected chi connectivity index (χ4v) is 7.33. The van der Waals surface area contributed by atoms with Crippen LogP contribution in [0.3, 0.4) is 0 Å². The molecule has 45 heavy (non-hydrogen) atoms. The third kappa shape index (κ3) is 6.02. The number of hydrogen-bond acceptors (Lipinski definition) is 8. The molecule has 5 aromatic rings. The number of rotatable bonds is 9. The van der Waals surface area contributed by atoms with E-state index in [4.69, 9.17) is 9.56 Å². The molecule has 2 N–H and O–H groups in total. The number of carbonyl (C=O) groups excluding carboxylic acids is 2. The highest BCUT2D eigenvalue weighted by Gasteiger charge is 2.46. The van der Waals surface area contributed by atoms with Crippen molar-refractivity contribution in [2.75, 3.05) is 11.4 Å². The number of nitrogens with zero attached hydrogens (tertiary/aromatic N) is 3. The number of aryl methyl sites for hydroxylation is 1. The summed E-state index contributed by atoms with van der Waals surface area (Å²) in [6.07, 6.45) is -0.200. The van der Waals surface area contributed by atoms with Gasteiger partial charge in [-0.05, 0) is 79.6 Å². The molecule has 4 aromatic carbocycles. The van der Waals surface area contributed by atoms with Gasteiger partial charge in [0, 0.05) is 12.1 Å². The van der Waals surface area contributed by atoms with Gasteiger partial charge in [-0.1, -0.05) is 42.0 Å². The second-order valence-corrected chi connectivity index (χ2v) is 14.1. The molecular weight excluding hydrogens is 617 g/mol. The highest BCUT2D eigenvalue weighted by atomic mass is 32.2. The third-order valence-electron chi connectivity index (χ3n) is 7.64. The van der Waals surface area contributed by atoms with E-state index in [1.807, 2.05) is 25.1 Å². The van der Waals surface area contributed by atoms with E-state index in [0.717, 1.165) is 14.8 Å². The van der Waals surface area contributed by atoms with E-state index in [0.29, 0.717) is 33.8 Å². The largest absolute Gasteiger partial charge is 0.436 e. The lowest BCUT2D eigenvalue weighted by Gasteiger charge is -2.27. The summed E-state index contributed by atoms with van der Waals surface area (Å²) in [6, 6.07) is 24.5. The maximum Gasteiger partial charge on any atom is 0.252 e. The van der Waals surface area contributed by atoms with Crippen LogP contribution in [0.1, 0.15) is 17.5 Å². The van der Waals surface area contributed by atoms with Gasteiger partial charge in [-0.2, -0.15) is 4.31 Å². The van der Waals surface area contributed by atoms with E-state index in [-0.39, 0.29) is 29.2 Å². The van der Waals surface area contributed by atoms with Gasteiger partial charge < -0.3 is 4.42 Å². The number of nitrogens with two attached hydrogens (primary N) is 1. The standard InChI is InChI=1S/C32H28N4O7S2/c1-21-6-14-26(15-7-21)45(41,42)35(19-18-22-8-16-25(17-9-22)44(33,39)40)28-20-30(37)36(32(28)38)24-12-10-23(11-13-24)31-34-27-4-2-3-5-29(27)43-31/h2-17,28H,18-20H2,1H3,(H2,33,39,40). The van der Waals surface area contributed by atoms with Crippen molar-refractivity contribution in [3.63, 3.8) is 0 Å². The van der Waals surface area contributed by atoms with Crippen LogP contribution < -0.4 is 10.0 Å². The Morgan fingerprint density at radius 2 is 1.51 bits per heavy atom. The molecule has 13 heteroatoms. The molecule has 6 rings (SSSR count). The van der Waals surface area contributed by atoms with Crippen molar-refractivity contribution in [3.05, 3.63) is 108 Å². The van der Waals surface area contributed by atoms with Gasteiger partial charge in [0.15, 0.2) is 5.58 Å². The predicted molar refractivity (Wildman–Crippen MR) is 167 cm³/mol. The first kappa shape index (κ1) is 30.3. The predicted octanol–water partition coefficient (Wildman–Crippen LogP) is 4.02. The summed E-state index contributed by atoms with van der Waals surface area (Å²) in [4.78, 5) is 32.5. The van der Waals surface area contributed by atoms with E-state index in [2.05, 4.69) is 4.98 Å².